The Morgan fingerprint density at radius 2 is 1.32 bits per heavy atom. The SMILES string of the molecule is Oc1ccccc1C=NCCCP(c1ccccc1)c1ccccc1. The maximum Gasteiger partial charge on any atom is 0.124 e. The van der Waals surface area contributed by atoms with E-state index in [1.54, 1.807) is 12.3 Å². The summed E-state index contributed by atoms with van der Waals surface area (Å²) in [7, 11) is -0.351. The number of benzene rings is 3. The Morgan fingerprint density at radius 3 is 1.92 bits per heavy atom. The van der Waals surface area contributed by atoms with Crippen molar-refractivity contribution in [3.05, 3.63) is 90.5 Å². The number of hydrogen-bond donors (Lipinski definition) is 1. The zero-order chi connectivity index (χ0) is 17.3. The molecule has 1 N–H and O–H groups in total. The normalized spacial score (nSPS) is 11.2. The molecule has 0 aliphatic carbocycles. The minimum absolute atomic E-state index is 0.280. The Labute approximate surface area is 150 Å². The molecule has 0 saturated heterocycles. The van der Waals surface area contributed by atoms with Crippen LogP contribution >= 0.6 is 7.92 Å². The molecule has 25 heavy (non-hydrogen) atoms. The van der Waals surface area contributed by atoms with Crippen LogP contribution in [0.3, 0.4) is 0 Å². The molecule has 0 aromatic heterocycles. The molecule has 3 rings (SSSR count). The molecule has 0 unspecified atom stereocenters. The van der Waals surface area contributed by atoms with E-state index in [0.717, 1.165) is 24.7 Å². The van der Waals surface area contributed by atoms with Crippen molar-refractivity contribution >= 4 is 24.7 Å². The summed E-state index contributed by atoms with van der Waals surface area (Å²) in [5, 5.41) is 12.6. The maximum atomic E-state index is 9.76. The van der Waals surface area contributed by atoms with Crippen LogP contribution in [0.2, 0.25) is 0 Å². The number of nitrogens with zero attached hydrogens (tertiary/aromatic N) is 1. The molecule has 3 aromatic carbocycles. The highest BCUT2D eigenvalue weighted by atomic mass is 31.1. The fourth-order valence-corrected chi connectivity index (χ4v) is 5.04. The van der Waals surface area contributed by atoms with Crippen molar-refractivity contribution in [1.29, 1.82) is 0 Å². The predicted octanol–water partition coefficient (Wildman–Crippen LogP) is 4.33. The van der Waals surface area contributed by atoms with Crippen molar-refractivity contribution in [3.63, 3.8) is 0 Å². The molecule has 3 aromatic rings. The minimum Gasteiger partial charge on any atom is -0.507 e. The van der Waals surface area contributed by atoms with E-state index in [9.17, 15) is 5.11 Å². The number of rotatable bonds is 7. The van der Waals surface area contributed by atoms with Crippen LogP contribution in [0.25, 0.3) is 0 Å². The van der Waals surface area contributed by atoms with Gasteiger partial charge in [0, 0.05) is 18.3 Å². The highest BCUT2D eigenvalue weighted by Gasteiger charge is 2.12. The zero-order valence-electron chi connectivity index (χ0n) is 14.1. The largest absolute Gasteiger partial charge is 0.507 e. The van der Waals surface area contributed by atoms with E-state index >= 15 is 0 Å². The molecular weight excluding hydrogens is 325 g/mol. The van der Waals surface area contributed by atoms with Crippen LogP contribution in [0.4, 0.5) is 0 Å². The summed E-state index contributed by atoms with van der Waals surface area (Å²) in [5.41, 5.74) is 0.774. The molecule has 0 heterocycles. The first-order valence-corrected chi connectivity index (χ1v) is 10.0. The average Bonchev–Trinajstić information content (AvgIpc) is 2.67. The van der Waals surface area contributed by atoms with E-state index in [1.165, 1.54) is 10.6 Å². The molecule has 126 valence electrons. The van der Waals surface area contributed by atoms with Crippen LogP contribution < -0.4 is 10.6 Å². The van der Waals surface area contributed by atoms with Gasteiger partial charge in [-0.05, 0) is 43.2 Å². The van der Waals surface area contributed by atoms with Gasteiger partial charge in [0.2, 0.25) is 0 Å². The maximum absolute atomic E-state index is 9.76. The molecule has 0 amide bonds. The second kappa shape index (κ2) is 9.15. The molecule has 0 saturated carbocycles. The van der Waals surface area contributed by atoms with E-state index in [0.29, 0.717) is 0 Å². The van der Waals surface area contributed by atoms with Crippen LogP contribution in [0.1, 0.15) is 12.0 Å². The highest BCUT2D eigenvalue weighted by molar-refractivity contribution is 7.73. The number of phenols is 1. The highest BCUT2D eigenvalue weighted by Crippen LogP contribution is 2.34. The second-order valence-corrected chi connectivity index (χ2v) is 8.11. The molecule has 0 aliphatic heterocycles. The van der Waals surface area contributed by atoms with Gasteiger partial charge >= 0.3 is 0 Å². The number of para-hydroxylation sites is 1. The van der Waals surface area contributed by atoms with Crippen LogP contribution in [-0.4, -0.2) is 24.0 Å². The summed E-state index contributed by atoms with van der Waals surface area (Å²) in [6.45, 7) is 0.771. The molecule has 0 radical (unpaired) electrons. The van der Waals surface area contributed by atoms with E-state index in [-0.39, 0.29) is 13.7 Å². The van der Waals surface area contributed by atoms with Crippen molar-refractivity contribution in [1.82, 2.24) is 0 Å². The molecular formula is C22H22NOP. The first-order chi connectivity index (χ1) is 12.3. The summed E-state index contributed by atoms with van der Waals surface area (Å²) in [6.07, 6.45) is 3.91. The van der Waals surface area contributed by atoms with Gasteiger partial charge in [-0.1, -0.05) is 72.8 Å². The number of aliphatic imine (C=N–C) groups is 1. The minimum atomic E-state index is -0.351. The van der Waals surface area contributed by atoms with Gasteiger partial charge in [0.05, 0.1) is 0 Å². The summed E-state index contributed by atoms with van der Waals surface area (Å²) < 4.78 is 0. The second-order valence-electron chi connectivity index (χ2n) is 5.77. The lowest BCUT2D eigenvalue weighted by atomic mass is 10.2. The van der Waals surface area contributed by atoms with E-state index in [4.69, 9.17) is 0 Å². The Morgan fingerprint density at radius 1 is 0.760 bits per heavy atom. The van der Waals surface area contributed by atoms with Crippen molar-refractivity contribution in [2.45, 2.75) is 6.42 Å². The lowest BCUT2D eigenvalue weighted by Gasteiger charge is -2.18. The quantitative estimate of drug-likeness (QED) is 0.385. The van der Waals surface area contributed by atoms with Gasteiger partial charge < -0.3 is 5.11 Å². The van der Waals surface area contributed by atoms with Crippen molar-refractivity contribution < 1.29 is 5.11 Å². The third kappa shape index (κ3) is 5.01. The van der Waals surface area contributed by atoms with Crippen LogP contribution in [0.5, 0.6) is 5.75 Å². The smallest absolute Gasteiger partial charge is 0.124 e. The predicted molar refractivity (Wildman–Crippen MR) is 109 cm³/mol. The number of aromatic hydroxyl groups is 1. The zero-order valence-corrected chi connectivity index (χ0v) is 15.0. The summed E-state index contributed by atoms with van der Waals surface area (Å²) in [6, 6.07) is 28.8. The first-order valence-electron chi connectivity index (χ1n) is 8.50. The van der Waals surface area contributed by atoms with Gasteiger partial charge in [0.1, 0.15) is 5.75 Å². The first kappa shape index (κ1) is 17.4. The Kier molecular flexibility index (Phi) is 6.36. The fraction of sp³-hybridized carbons (Fsp3) is 0.136. The van der Waals surface area contributed by atoms with Crippen LogP contribution in [-0.2, 0) is 0 Å². The number of hydrogen-bond acceptors (Lipinski definition) is 2. The topological polar surface area (TPSA) is 32.6 Å². The molecule has 0 fully saturated rings. The van der Waals surface area contributed by atoms with E-state index in [1.807, 2.05) is 18.2 Å². The summed E-state index contributed by atoms with van der Waals surface area (Å²) in [5.74, 6) is 0.280. The molecule has 2 nitrogen and oxygen atoms in total. The Balaban J connectivity index is 1.63. The fourth-order valence-electron chi connectivity index (χ4n) is 2.70. The van der Waals surface area contributed by atoms with Gasteiger partial charge in [-0.3, -0.25) is 4.99 Å². The monoisotopic (exact) mass is 347 g/mol. The summed E-state index contributed by atoms with van der Waals surface area (Å²) >= 11 is 0. The third-order valence-electron chi connectivity index (χ3n) is 3.97. The van der Waals surface area contributed by atoms with Gasteiger partial charge in [0.25, 0.3) is 0 Å². The Hall–Kier alpha value is -2.44. The third-order valence-corrected chi connectivity index (χ3v) is 6.58. The molecule has 0 atom stereocenters. The van der Waals surface area contributed by atoms with Gasteiger partial charge in [-0.25, -0.2) is 0 Å². The lowest BCUT2D eigenvalue weighted by molar-refractivity contribution is 0.474. The van der Waals surface area contributed by atoms with Crippen LogP contribution in [0.15, 0.2) is 89.9 Å². The van der Waals surface area contributed by atoms with E-state index in [2.05, 4.69) is 65.7 Å². The van der Waals surface area contributed by atoms with E-state index < -0.39 is 0 Å². The summed E-state index contributed by atoms with van der Waals surface area (Å²) in [4.78, 5) is 4.49. The van der Waals surface area contributed by atoms with Crippen LogP contribution in [0, 0.1) is 0 Å². The van der Waals surface area contributed by atoms with Crippen molar-refractivity contribution in [3.8, 4) is 5.75 Å². The molecule has 3 heteroatoms. The van der Waals surface area contributed by atoms with Crippen molar-refractivity contribution in [2.75, 3.05) is 12.7 Å². The van der Waals surface area contributed by atoms with Gasteiger partial charge in [-0.2, -0.15) is 0 Å². The molecule has 0 bridgehead atoms. The lowest BCUT2D eigenvalue weighted by Crippen LogP contribution is -2.14. The van der Waals surface area contributed by atoms with Crippen molar-refractivity contribution in [2.24, 2.45) is 4.99 Å². The standard InChI is InChI=1S/C22H22NOP/c24-22-15-8-7-10-19(22)18-23-16-9-17-25(20-11-3-1-4-12-20)21-13-5-2-6-14-21/h1-8,10-15,18,24H,9,16-17H2. The van der Waals surface area contributed by atoms with Gasteiger partial charge in [-0.15, -0.1) is 0 Å². The Bertz CT molecular complexity index is 763. The average molecular weight is 347 g/mol. The number of phenolic OH excluding ortho intramolecular Hbond substituents is 1. The molecule has 0 aliphatic rings. The molecule has 0 spiro atoms. The van der Waals surface area contributed by atoms with Gasteiger partial charge in [0.15, 0.2) is 0 Å².